The van der Waals surface area contributed by atoms with E-state index in [1.165, 1.54) is 11.1 Å². The van der Waals surface area contributed by atoms with Gasteiger partial charge in [0.1, 0.15) is 0 Å². The van der Waals surface area contributed by atoms with Gasteiger partial charge in [0.25, 0.3) is 0 Å². The molecule has 1 aromatic carbocycles. The summed E-state index contributed by atoms with van der Waals surface area (Å²) in [6.45, 7) is 14.6. The Hall–Kier alpha value is 0.718. The second-order valence-electron chi connectivity index (χ2n) is 7.85. The average Bonchev–Trinajstić information content (AvgIpc) is 2.76. The maximum absolute atomic E-state index is 3.59. The first-order valence-corrected chi connectivity index (χ1v) is 14.6. The van der Waals surface area contributed by atoms with Crippen LogP contribution in [0, 0.1) is 6.08 Å². The summed E-state index contributed by atoms with van der Waals surface area (Å²) >= 11 is 0. The van der Waals surface area contributed by atoms with Crippen molar-refractivity contribution in [2.75, 3.05) is 0 Å². The molecule has 2 rings (SSSR count). The van der Waals surface area contributed by atoms with E-state index in [4.69, 9.17) is 0 Å². The van der Waals surface area contributed by atoms with Gasteiger partial charge in [0.2, 0.25) is 0 Å². The average molecular weight is 454 g/mol. The minimum Gasteiger partial charge on any atom is -1.00 e. The molecule has 132 valence electrons. The van der Waals surface area contributed by atoms with Crippen LogP contribution < -0.4 is 42.4 Å². The Bertz CT molecular complexity index is 570. The quantitative estimate of drug-likeness (QED) is 0.320. The van der Waals surface area contributed by atoms with E-state index in [2.05, 4.69) is 75.7 Å². The van der Waals surface area contributed by atoms with Crippen LogP contribution in [0.15, 0.2) is 41.1 Å². The molecule has 0 saturated carbocycles. The minimum atomic E-state index is -1.22. The van der Waals surface area contributed by atoms with Gasteiger partial charge < -0.3 is 37.2 Å². The fourth-order valence-corrected chi connectivity index (χ4v) is 5.77. The van der Waals surface area contributed by atoms with Crippen LogP contribution in [0.5, 0.6) is 0 Å². The summed E-state index contributed by atoms with van der Waals surface area (Å²) in [4.78, 5) is 0. The number of benzene rings is 1. The molecular formula is C18H27Cl3Si2Ti. The summed E-state index contributed by atoms with van der Waals surface area (Å²) in [5, 5.41) is 3.18. The summed E-state index contributed by atoms with van der Waals surface area (Å²) in [7, 11) is -2.43. The predicted molar refractivity (Wildman–Crippen MR) is 95.9 cm³/mol. The van der Waals surface area contributed by atoms with E-state index in [0.29, 0.717) is 0 Å². The van der Waals surface area contributed by atoms with Crippen LogP contribution in [0.1, 0.15) is 12.0 Å². The molecular weight excluding hydrogens is 427 g/mol. The molecule has 1 aliphatic rings. The Labute approximate surface area is 184 Å². The van der Waals surface area contributed by atoms with Crippen LogP contribution in [0.25, 0.3) is 0 Å². The Morgan fingerprint density at radius 2 is 1.50 bits per heavy atom. The van der Waals surface area contributed by atoms with Crippen LogP contribution in [0.2, 0.25) is 39.3 Å². The Kier molecular flexibility index (Phi) is 14.0. The van der Waals surface area contributed by atoms with Crippen molar-refractivity contribution in [1.29, 1.82) is 0 Å². The van der Waals surface area contributed by atoms with E-state index in [-0.39, 0.29) is 58.9 Å². The van der Waals surface area contributed by atoms with Gasteiger partial charge in [-0.15, -0.1) is 6.42 Å². The van der Waals surface area contributed by atoms with Gasteiger partial charge in [0, 0.05) is 0 Å². The SMILES string of the molecule is C[Si](C)(C)C1=CC[C-]=C1Cc1cccc([Si](C)(C)C)c1.[Cl-].[Cl-].[Cl-].[Ti+4]. The Morgan fingerprint density at radius 3 is 2.00 bits per heavy atom. The molecule has 0 atom stereocenters. The minimum absolute atomic E-state index is 0. The molecule has 0 unspecified atom stereocenters. The Morgan fingerprint density at radius 1 is 0.917 bits per heavy atom. The standard InChI is InChI=1S/C18H27Si2.3ClH.Ti/c1-19(2,3)17-11-7-9-15(14-17)13-16-10-8-12-18(16)20(4,5)6;;;;/h7,9,11-12,14H,8,13H2,1-6H3;3*1H;/q-1;;;;+4/p-3. The van der Waals surface area contributed by atoms with Crippen molar-refractivity contribution in [1.82, 2.24) is 0 Å². The van der Waals surface area contributed by atoms with E-state index in [1.807, 2.05) is 0 Å². The molecule has 1 aliphatic carbocycles. The third-order valence-corrected chi connectivity index (χ3v) is 8.09. The summed E-state index contributed by atoms with van der Waals surface area (Å²) < 4.78 is 0. The van der Waals surface area contributed by atoms with E-state index < -0.39 is 16.1 Å². The molecule has 0 spiro atoms. The van der Waals surface area contributed by atoms with Gasteiger partial charge in [-0.25, -0.2) is 10.8 Å². The van der Waals surface area contributed by atoms with Crippen LogP contribution in [-0.4, -0.2) is 16.1 Å². The van der Waals surface area contributed by atoms with Crippen LogP contribution in [0.4, 0.5) is 0 Å². The molecule has 0 radical (unpaired) electrons. The Balaban J connectivity index is -0.00000110. The topological polar surface area (TPSA) is 0 Å². The molecule has 0 nitrogen and oxygen atoms in total. The fraction of sp³-hybridized carbons (Fsp3) is 0.444. The number of halogens is 3. The van der Waals surface area contributed by atoms with Crippen molar-refractivity contribution in [3.8, 4) is 0 Å². The first-order valence-electron chi connectivity index (χ1n) is 7.58. The van der Waals surface area contributed by atoms with Crippen molar-refractivity contribution < 1.29 is 58.9 Å². The van der Waals surface area contributed by atoms with Gasteiger partial charge in [0.15, 0.2) is 0 Å². The molecule has 0 amide bonds. The molecule has 0 heterocycles. The normalized spacial score (nSPS) is 13.4. The van der Waals surface area contributed by atoms with Crippen LogP contribution >= 0.6 is 0 Å². The zero-order valence-corrected chi connectivity index (χ0v) is 21.3. The number of hydrogen-bond acceptors (Lipinski definition) is 0. The third kappa shape index (κ3) is 7.95. The van der Waals surface area contributed by atoms with Gasteiger partial charge >= 0.3 is 21.7 Å². The van der Waals surface area contributed by atoms with Gasteiger partial charge in [-0.2, -0.15) is 6.08 Å². The van der Waals surface area contributed by atoms with Gasteiger partial charge in [-0.1, -0.05) is 68.7 Å². The van der Waals surface area contributed by atoms with Gasteiger partial charge in [-0.3, -0.25) is 6.08 Å². The molecule has 0 saturated heterocycles. The maximum Gasteiger partial charge on any atom is 4.00 e. The third-order valence-electron chi connectivity index (χ3n) is 3.93. The molecule has 0 N–H and O–H groups in total. The first kappa shape index (κ1) is 29.5. The fourth-order valence-electron chi connectivity index (χ4n) is 2.76. The van der Waals surface area contributed by atoms with Crippen molar-refractivity contribution in [2.45, 2.75) is 52.1 Å². The number of rotatable bonds is 4. The summed E-state index contributed by atoms with van der Waals surface area (Å²) in [6.07, 6.45) is 8.08. The molecule has 0 fully saturated rings. The van der Waals surface area contributed by atoms with Crippen molar-refractivity contribution in [3.63, 3.8) is 0 Å². The number of hydrogen-bond donors (Lipinski definition) is 0. The van der Waals surface area contributed by atoms with Crippen molar-refractivity contribution >= 4 is 21.3 Å². The van der Waals surface area contributed by atoms with E-state index in [0.717, 1.165) is 12.8 Å². The molecule has 6 heteroatoms. The zero-order valence-electron chi connectivity index (χ0n) is 15.4. The van der Waals surface area contributed by atoms with E-state index in [1.54, 1.807) is 10.4 Å². The van der Waals surface area contributed by atoms with Crippen molar-refractivity contribution in [3.05, 3.63) is 52.8 Å². The molecule has 0 bridgehead atoms. The summed E-state index contributed by atoms with van der Waals surface area (Å²) in [5.41, 5.74) is 2.93. The maximum atomic E-state index is 3.59. The predicted octanol–water partition coefficient (Wildman–Crippen LogP) is -4.28. The van der Waals surface area contributed by atoms with Gasteiger partial charge in [0.05, 0.1) is 8.07 Å². The van der Waals surface area contributed by atoms with E-state index >= 15 is 0 Å². The molecule has 24 heavy (non-hydrogen) atoms. The molecule has 1 aromatic rings. The second kappa shape index (κ2) is 11.4. The number of allylic oxidation sites excluding steroid dienone is 4. The molecule has 0 aromatic heterocycles. The smallest absolute Gasteiger partial charge is 1.00 e. The van der Waals surface area contributed by atoms with Crippen LogP contribution in [0.3, 0.4) is 0 Å². The molecule has 0 aliphatic heterocycles. The largest absolute Gasteiger partial charge is 4.00 e. The first-order chi connectivity index (χ1) is 9.18. The van der Waals surface area contributed by atoms with Crippen LogP contribution in [-0.2, 0) is 28.1 Å². The monoisotopic (exact) mass is 452 g/mol. The van der Waals surface area contributed by atoms with E-state index in [9.17, 15) is 0 Å². The van der Waals surface area contributed by atoms with Crippen molar-refractivity contribution in [2.24, 2.45) is 0 Å². The summed E-state index contributed by atoms with van der Waals surface area (Å²) in [6, 6.07) is 9.24. The zero-order chi connectivity index (χ0) is 15.0. The van der Waals surface area contributed by atoms with Gasteiger partial charge in [-0.05, 0) is 20.1 Å². The summed E-state index contributed by atoms with van der Waals surface area (Å²) in [5.74, 6) is 0. The second-order valence-corrected chi connectivity index (χ2v) is 18.0.